The van der Waals surface area contributed by atoms with Crippen molar-refractivity contribution in [2.45, 2.75) is 38.6 Å². The number of benzene rings is 1. The molecule has 2 rings (SSSR count). The van der Waals surface area contributed by atoms with E-state index in [-0.39, 0.29) is 6.42 Å². The van der Waals surface area contributed by atoms with Crippen LogP contribution in [0.2, 0.25) is 0 Å². The molecule has 0 fully saturated rings. The van der Waals surface area contributed by atoms with E-state index in [0.29, 0.717) is 5.82 Å². The van der Waals surface area contributed by atoms with Gasteiger partial charge in [0, 0.05) is 11.6 Å². The number of anilines is 1. The Balaban J connectivity index is 2.33. The van der Waals surface area contributed by atoms with E-state index in [1.807, 2.05) is 12.1 Å². The van der Waals surface area contributed by atoms with E-state index in [2.05, 4.69) is 34.1 Å². The first-order valence-corrected chi connectivity index (χ1v) is 8.37. The Morgan fingerprint density at radius 3 is 2.68 bits per heavy atom. The molecule has 1 heterocycles. The van der Waals surface area contributed by atoms with Crippen LogP contribution >= 0.6 is 0 Å². The standard InChI is InChI=1S/C19H24N2O4/c1-4-5-6-13-7-8-14-9-10-20-18(15(14)11-13)21-16(19(23)25-3)12-17(22)24-2/h7-11,16H,4-6,12H2,1-3H3,(H,20,21). The fourth-order valence-corrected chi connectivity index (χ4v) is 2.62. The molecule has 0 amide bonds. The molecule has 0 saturated carbocycles. The van der Waals surface area contributed by atoms with Gasteiger partial charge in [0.25, 0.3) is 0 Å². The van der Waals surface area contributed by atoms with E-state index >= 15 is 0 Å². The van der Waals surface area contributed by atoms with Gasteiger partial charge in [-0.15, -0.1) is 0 Å². The van der Waals surface area contributed by atoms with E-state index in [4.69, 9.17) is 4.74 Å². The van der Waals surface area contributed by atoms with Gasteiger partial charge in [-0.3, -0.25) is 4.79 Å². The predicted molar refractivity (Wildman–Crippen MR) is 96.4 cm³/mol. The summed E-state index contributed by atoms with van der Waals surface area (Å²) in [6.45, 7) is 2.16. The lowest BCUT2D eigenvalue weighted by Gasteiger charge is -2.17. The summed E-state index contributed by atoms with van der Waals surface area (Å²) in [5, 5.41) is 4.96. The second kappa shape index (κ2) is 9.01. The second-order valence-corrected chi connectivity index (χ2v) is 5.82. The number of aromatic nitrogens is 1. The lowest BCUT2D eigenvalue weighted by atomic mass is 10.0. The van der Waals surface area contributed by atoms with Crippen molar-refractivity contribution >= 4 is 28.5 Å². The van der Waals surface area contributed by atoms with E-state index in [0.717, 1.165) is 30.0 Å². The number of fused-ring (bicyclic) bond motifs is 1. The Morgan fingerprint density at radius 1 is 1.20 bits per heavy atom. The van der Waals surface area contributed by atoms with Crippen LogP contribution < -0.4 is 5.32 Å². The number of hydrogen-bond acceptors (Lipinski definition) is 6. The minimum Gasteiger partial charge on any atom is -0.469 e. The fourth-order valence-electron chi connectivity index (χ4n) is 2.62. The summed E-state index contributed by atoms with van der Waals surface area (Å²) in [6.07, 6.45) is 4.77. The van der Waals surface area contributed by atoms with Crippen LogP contribution in [0.25, 0.3) is 10.8 Å². The van der Waals surface area contributed by atoms with Gasteiger partial charge in [0.15, 0.2) is 0 Å². The highest BCUT2D eigenvalue weighted by Crippen LogP contribution is 2.24. The van der Waals surface area contributed by atoms with Crippen molar-refractivity contribution in [1.29, 1.82) is 0 Å². The summed E-state index contributed by atoms with van der Waals surface area (Å²) < 4.78 is 9.44. The number of pyridine rings is 1. The zero-order valence-electron chi connectivity index (χ0n) is 14.9. The van der Waals surface area contributed by atoms with Gasteiger partial charge in [-0.25, -0.2) is 9.78 Å². The number of esters is 2. The number of hydrogen-bond donors (Lipinski definition) is 1. The minimum absolute atomic E-state index is 0.128. The SMILES string of the molecule is CCCCc1ccc2ccnc(NC(CC(=O)OC)C(=O)OC)c2c1. The first kappa shape index (κ1) is 18.7. The minimum atomic E-state index is -0.852. The van der Waals surface area contributed by atoms with E-state index in [1.165, 1.54) is 19.8 Å². The zero-order valence-corrected chi connectivity index (χ0v) is 14.9. The molecule has 25 heavy (non-hydrogen) atoms. The van der Waals surface area contributed by atoms with Crippen molar-refractivity contribution in [3.05, 3.63) is 36.0 Å². The first-order chi connectivity index (χ1) is 12.1. The highest BCUT2D eigenvalue weighted by Gasteiger charge is 2.24. The predicted octanol–water partition coefficient (Wildman–Crippen LogP) is 3.09. The Labute approximate surface area is 147 Å². The third-order valence-corrected chi connectivity index (χ3v) is 4.04. The fraction of sp³-hybridized carbons (Fsp3) is 0.421. The normalized spacial score (nSPS) is 11.8. The molecule has 1 aromatic heterocycles. The highest BCUT2D eigenvalue weighted by molar-refractivity contribution is 5.94. The van der Waals surface area contributed by atoms with Crippen molar-refractivity contribution in [2.24, 2.45) is 0 Å². The van der Waals surface area contributed by atoms with E-state index < -0.39 is 18.0 Å². The quantitative estimate of drug-likeness (QED) is 0.742. The van der Waals surface area contributed by atoms with Gasteiger partial charge in [-0.2, -0.15) is 0 Å². The lowest BCUT2D eigenvalue weighted by molar-refractivity contribution is -0.148. The molecule has 2 aromatic rings. The average molecular weight is 344 g/mol. The molecule has 0 spiro atoms. The summed E-state index contributed by atoms with van der Waals surface area (Å²) in [5.74, 6) is -0.478. The smallest absolute Gasteiger partial charge is 0.328 e. The monoisotopic (exact) mass is 344 g/mol. The topological polar surface area (TPSA) is 77.5 Å². The molecule has 1 atom stereocenters. The molecule has 134 valence electrons. The third kappa shape index (κ3) is 4.92. The summed E-state index contributed by atoms with van der Waals surface area (Å²) >= 11 is 0. The number of carbonyl (C=O) groups excluding carboxylic acids is 2. The van der Waals surface area contributed by atoms with Gasteiger partial charge in [0.05, 0.1) is 20.6 Å². The van der Waals surface area contributed by atoms with Gasteiger partial charge in [-0.05, 0) is 35.9 Å². The first-order valence-electron chi connectivity index (χ1n) is 8.37. The van der Waals surface area contributed by atoms with Crippen LogP contribution in [0.3, 0.4) is 0 Å². The largest absolute Gasteiger partial charge is 0.469 e. The van der Waals surface area contributed by atoms with Crippen LogP contribution in [-0.2, 0) is 25.5 Å². The van der Waals surface area contributed by atoms with Gasteiger partial charge >= 0.3 is 11.9 Å². The Morgan fingerprint density at radius 2 is 2.00 bits per heavy atom. The Kier molecular flexibility index (Phi) is 6.74. The summed E-state index contributed by atoms with van der Waals surface area (Å²) in [7, 11) is 2.57. The number of nitrogens with one attached hydrogen (secondary N) is 1. The molecule has 0 aliphatic heterocycles. The maximum Gasteiger partial charge on any atom is 0.328 e. The number of ether oxygens (including phenoxy) is 2. The zero-order chi connectivity index (χ0) is 18.2. The van der Waals surface area contributed by atoms with Gasteiger partial charge < -0.3 is 14.8 Å². The molecule has 6 nitrogen and oxygen atoms in total. The molecule has 0 bridgehead atoms. The van der Waals surface area contributed by atoms with Crippen LogP contribution in [-0.4, -0.2) is 37.2 Å². The molecular formula is C19H24N2O4. The van der Waals surface area contributed by atoms with Crippen LogP contribution in [0.15, 0.2) is 30.5 Å². The van der Waals surface area contributed by atoms with Gasteiger partial charge in [0.1, 0.15) is 11.9 Å². The maximum absolute atomic E-state index is 12.0. The molecule has 6 heteroatoms. The number of methoxy groups -OCH3 is 2. The average Bonchev–Trinajstić information content (AvgIpc) is 2.65. The molecule has 0 aliphatic carbocycles. The molecule has 0 aliphatic rings. The molecular weight excluding hydrogens is 320 g/mol. The third-order valence-electron chi connectivity index (χ3n) is 4.04. The number of nitrogens with zero attached hydrogens (tertiary/aromatic N) is 1. The van der Waals surface area contributed by atoms with Crippen LogP contribution in [0.5, 0.6) is 0 Å². The summed E-state index contributed by atoms with van der Waals surface area (Å²) in [6, 6.07) is 7.29. The van der Waals surface area contributed by atoms with Crippen molar-refractivity contribution < 1.29 is 19.1 Å². The Hall–Kier alpha value is -2.63. The van der Waals surface area contributed by atoms with Gasteiger partial charge in [-0.1, -0.05) is 25.5 Å². The van der Waals surface area contributed by atoms with Crippen LogP contribution in [0, 0.1) is 0 Å². The lowest BCUT2D eigenvalue weighted by Crippen LogP contribution is -2.33. The van der Waals surface area contributed by atoms with E-state index in [1.54, 1.807) is 6.20 Å². The van der Waals surface area contributed by atoms with Gasteiger partial charge in [0.2, 0.25) is 0 Å². The van der Waals surface area contributed by atoms with Crippen LogP contribution in [0.4, 0.5) is 5.82 Å². The van der Waals surface area contributed by atoms with Crippen LogP contribution in [0.1, 0.15) is 31.7 Å². The number of rotatable bonds is 8. The van der Waals surface area contributed by atoms with Crippen molar-refractivity contribution in [2.75, 3.05) is 19.5 Å². The van der Waals surface area contributed by atoms with Crippen molar-refractivity contribution in [3.8, 4) is 0 Å². The highest BCUT2D eigenvalue weighted by atomic mass is 16.5. The summed E-state index contributed by atoms with van der Waals surface area (Å²) in [5.41, 5.74) is 1.22. The summed E-state index contributed by atoms with van der Waals surface area (Å²) in [4.78, 5) is 27.9. The van der Waals surface area contributed by atoms with E-state index in [9.17, 15) is 9.59 Å². The molecule has 0 saturated heterocycles. The molecule has 1 aromatic carbocycles. The maximum atomic E-state index is 12.0. The molecule has 0 radical (unpaired) electrons. The number of aryl methyl sites for hydroxylation is 1. The Bertz CT molecular complexity index is 745. The second-order valence-electron chi connectivity index (χ2n) is 5.82. The molecule has 1 N–H and O–H groups in total. The van der Waals surface area contributed by atoms with Crippen molar-refractivity contribution in [1.82, 2.24) is 4.98 Å². The number of carbonyl (C=O) groups is 2. The number of unbranched alkanes of at least 4 members (excludes halogenated alkanes) is 1. The van der Waals surface area contributed by atoms with Crippen molar-refractivity contribution in [3.63, 3.8) is 0 Å². The molecule has 1 unspecified atom stereocenters.